The van der Waals surface area contributed by atoms with Gasteiger partial charge in [0.25, 0.3) is 0 Å². The number of ether oxygens (including phenoxy) is 2. The normalized spacial score (nSPS) is 18.1. The van der Waals surface area contributed by atoms with Crippen LogP contribution in [0.1, 0.15) is 44.1 Å². The quantitative estimate of drug-likeness (QED) is 0.752. The van der Waals surface area contributed by atoms with Crippen LogP contribution in [0.2, 0.25) is 0 Å². The summed E-state index contributed by atoms with van der Waals surface area (Å²) in [5.41, 5.74) is 1.05. The van der Waals surface area contributed by atoms with Crippen molar-refractivity contribution >= 4 is 11.8 Å². The minimum Gasteiger partial charge on any atom is -0.493 e. The van der Waals surface area contributed by atoms with Gasteiger partial charge in [-0.2, -0.15) is 0 Å². The van der Waals surface area contributed by atoms with Gasteiger partial charge in [-0.15, -0.1) is 0 Å². The lowest BCUT2D eigenvalue weighted by molar-refractivity contribution is -0.142. The highest BCUT2D eigenvalue weighted by atomic mass is 16.5. The monoisotopic (exact) mass is 388 g/mol. The van der Waals surface area contributed by atoms with Gasteiger partial charge in [-0.25, -0.2) is 0 Å². The first kappa shape index (κ1) is 20.5. The first-order chi connectivity index (χ1) is 13.6. The second-order valence-electron chi connectivity index (χ2n) is 7.73. The second kappa shape index (κ2) is 9.80. The lowest BCUT2D eigenvalue weighted by Gasteiger charge is -2.37. The molecule has 6 nitrogen and oxygen atoms in total. The molecule has 1 heterocycles. The number of amides is 2. The van der Waals surface area contributed by atoms with Gasteiger partial charge >= 0.3 is 0 Å². The first-order valence-corrected chi connectivity index (χ1v) is 10.4. The summed E-state index contributed by atoms with van der Waals surface area (Å²) in [6.45, 7) is 2.61. The molecule has 1 saturated carbocycles. The van der Waals surface area contributed by atoms with Crippen LogP contribution >= 0.6 is 0 Å². The molecule has 0 atom stereocenters. The Bertz CT molecular complexity index is 677. The van der Waals surface area contributed by atoms with Crippen molar-refractivity contribution in [1.82, 2.24) is 9.80 Å². The maximum absolute atomic E-state index is 12.7. The van der Waals surface area contributed by atoms with Crippen molar-refractivity contribution in [3.8, 4) is 11.5 Å². The predicted octanol–water partition coefficient (Wildman–Crippen LogP) is 2.89. The van der Waals surface area contributed by atoms with Crippen molar-refractivity contribution < 1.29 is 19.1 Å². The molecule has 0 spiro atoms. The van der Waals surface area contributed by atoms with Crippen molar-refractivity contribution in [3.63, 3.8) is 0 Å². The Labute approximate surface area is 167 Å². The van der Waals surface area contributed by atoms with Crippen molar-refractivity contribution in [3.05, 3.63) is 23.8 Å². The topological polar surface area (TPSA) is 59.1 Å². The van der Waals surface area contributed by atoms with Crippen LogP contribution in [0.3, 0.4) is 0 Å². The Morgan fingerprint density at radius 1 is 0.929 bits per heavy atom. The Morgan fingerprint density at radius 2 is 1.57 bits per heavy atom. The van der Waals surface area contributed by atoms with E-state index in [0.29, 0.717) is 56.4 Å². The van der Waals surface area contributed by atoms with Gasteiger partial charge in [0.15, 0.2) is 11.5 Å². The predicted molar refractivity (Wildman–Crippen MR) is 108 cm³/mol. The third-order valence-corrected chi connectivity index (χ3v) is 5.97. The summed E-state index contributed by atoms with van der Waals surface area (Å²) in [5.74, 6) is 2.04. The van der Waals surface area contributed by atoms with E-state index in [2.05, 4.69) is 0 Å². The number of hydrogen-bond donors (Lipinski definition) is 0. The molecule has 2 fully saturated rings. The van der Waals surface area contributed by atoms with Crippen molar-refractivity contribution in [2.45, 2.75) is 44.9 Å². The van der Waals surface area contributed by atoms with Crippen LogP contribution in [-0.2, 0) is 16.0 Å². The van der Waals surface area contributed by atoms with Crippen LogP contribution < -0.4 is 9.47 Å². The van der Waals surface area contributed by atoms with E-state index in [1.54, 1.807) is 14.2 Å². The van der Waals surface area contributed by atoms with Crippen molar-refractivity contribution in [2.75, 3.05) is 40.4 Å². The molecular weight excluding hydrogens is 356 g/mol. The van der Waals surface area contributed by atoms with Gasteiger partial charge in [0, 0.05) is 38.5 Å². The van der Waals surface area contributed by atoms with Crippen LogP contribution in [0.15, 0.2) is 18.2 Å². The summed E-state index contributed by atoms with van der Waals surface area (Å²) < 4.78 is 10.6. The summed E-state index contributed by atoms with van der Waals surface area (Å²) in [6, 6.07) is 5.76. The molecule has 6 heteroatoms. The molecule has 2 aliphatic rings. The summed E-state index contributed by atoms with van der Waals surface area (Å²) in [4.78, 5) is 29.1. The molecule has 154 valence electrons. The first-order valence-electron chi connectivity index (χ1n) is 10.4. The van der Waals surface area contributed by atoms with Gasteiger partial charge in [-0.1, -0.05) is 25.3 Å². The average Bonchev–Trinajstić information content (AvgIpc) is 2.77. The highest BCUT2D eigenvalue weighted by molar-refractivity contribution is 5.80. The summed E-state index contributed by atoms with van der Waals surface area (Å²) in [5, 5.41) is 0. The van der Waals surface area contributed by atoms with Gasteiger partial charge in [-0.05, 0) is 37.0 Å². The summed E-state index contributed by atoms with van der Waals surface area (Å²) in [6.07, 6.45) is 6.79. The minimum absolute atomic E-state index is 0.152. The third kappa shape index (κ3) is 4.97. The minimum atomic E-state index is 0.152. The average molecular weight is 389 g/mol. The zero-order chi connectivity index (χ0) is 19.9. The number of benzene rings is 1. The Kier molecular flexibility index (Phi) is 7.18. The van der Waals surface area contributed by atoms with Crippen LogP contribution in [0.5, 0.6) is 11.5 Å². The number of nitrogens with zero attached hydrogens (tertiary/aromatic N) is 2. The van der Waals surface area contributed by atoms with Gasteiger partial charge in [0.2, 0.25) is 11.8 Å². The van der Waals surface area contributed by atoms with E-state index in [4.69, 9.17) is 9.47 Å². The molecule has 0 unspecified atom stereocenters. The SMILES string of the molecule is COc1ccc(CCC(=O)N2CCN(C(=O)C3CCCCC3)CC2)cc1OC. The molecular formula is C22H32N2O4. The molecule has 1 aliphatic heterocycles. The van der Waals surface area contributed by atoms with Crippen LogP contribution in [0, 0.1) is 5.92 Å². The molecule has 0 N–H and O–H groups in total. The number of methoxy groups -OCH3 is 2. The number of aryl methyl sites for hydroxylation is 1. The molecule has 1 aliphatic carbocycles. The number of piperazine rings is 1. The number of carbonyl (C=O) groups excluding carboxylic acids is 2. The molecule has 28 heavy (non-hydrogen) atoms. The van der Waals surface area contributed by atoms with Crippen LogP contribution in [0.4, 0.5) is 0 Å². The van der Waals surface area contributed by atoms with E-state index in [0.717, 1.165) is 18.4 Å². The van der Waals surface area contributed by atoms with E-state index >= 15 is 0 Å². The Hall–Kier alpha value is -2.24. The fourth-order valence-electron chi connectivity index (χ4n) is 4.23. The highest BCUT2D eigenvalue weighted by Gasteiger charge is 2.29. The molecule has 1 saturated heterocycles. The number of carbonyl (C=O) groups is 2. The summed E-state index contributed by atoms with van der Waals surface area (Å²) >= 11 is 0. The van der Waals surface area contributed by atoms with Gasteiger partial charge < -0.3 is 19.3 Å². The van der Waals surface area contributed by atoms with Crippen molar-refractivity contribution in [2.24, 2.45) is 5.92 Å². The van der Waals surface area contributed by atoms with E-state index in [-0.39, 0.29) is 11.8 Å². The molecule has 1 aromatic rings. The molecule has 2 amide bonds. The van der Waals surface area contributed by atoms with E-state index < -0.39 is 0 Å². The lowest BCUT2D eigenvalue weighted by atomic mass is 9.88. The zero-order valence-electron chi connectivity index (χ0n) is 17.1. The highest BCUT2D eigenvalue weighted by Crippen LogP contribution is 2.28. The van der Waals surface area contributed by atoms with Crippen LogP contribution in [0.25, 0.3) is 0 Å². The fourth-order valence-corrected chi connectivity index (χ4v) is 4.23. The zero-order valence-corrected chi connectivity index (χ0v) is 17.1. The Morgan fingerprint density at radius 3 is 2.21 bits per heavy atom. The Balaban J connectivity index is 1.45. The molecule has 0 bridgehead atoms. The molecule has 0 radical (unpaired) electrons. The molecule has 3 rings (SSSR count). The van der Waals surface area contributed by atoms with Gasteiger partial charge in [-0.3, -0.25) is 9.59 Å². The van der Waals surface area contributed by atoms with E-state index in [9.17, 15) is 9.59 Å². The molecule has 1 aromatic carbocycles. The van der Waals surface area contributed by atoms with E-state index in [1.165, 1.54) is 19.3 Å². The number of rotatable bonds is 6. The van der Waals surface area contributed by atoms with Gasteiger partial charge in [0.05, 0.1) is 14.2 Å². The fraction of sp³-hybridized carbons (Fsp3) is 0.636. The van der Waals surface area contributed by atoms with Crippen LogP contribution in [-0.4, -0.2) is 62.0 Å². The maximum atomic E-state index is 12.7. The third-order valence-electron chi connectivity index (χ3n) is 5.97. The largest absolute Gasteiger partial charge is 0.493 e. The molecule has 0 aromatic heterocycles. The van der Waals surface area contributed by atoms with Crippen molar-refractivity contribution in [1.29, 1.82) is 0 Å². The van der Waals surface area contributed by atoms with E-state index in [1.807, 2.05) is 28.0 Å². The standard InChI is InChI=1S/C22H32N2O4/c1-27-19-10-8-17(16-20(19)28-2)9-11-21(25)23-12-14-24(15-13-23)22(26)18-6-4-3-5-7-18/h8,10,16,18H,3-7,9,11-15H2,1-2H3. The number of hydrogen-bond acceptors (Lipinski definition) is 4. The maximum Gasteiger partial charge on any atom is 0.225 e. The van der Waals surface area contributed by atoms with Gasteiger partial charge in [0.1, 0.15) is 0 Å². The second-order valence-corrected chi connectivity index (χ2v) is 7.73. The lowest BCUT2D eigenvalue weighted by Crippen LogP contribution is -2.52. The summed E-state index contributed by atoms with van der Waals surface area (Å²) in [7, 11) is 3.22. The smallest absolute Gasteiger partial charge is 0.225 e.